The summed E-state index contributed by atoms with van der Waals surface area (Å²) in [4.78, 5) is 12.3. The highest BCUT2D eigenvalue weighted by Gasteiger charge is 2.19. The molecule has 0 saturated heterocycles. The van der Waals surface area contributed by atoms with Crippen molar-refractivity contribution in [2.45, 2.75) is 24.8 Å². The first-order valence-corrected chi connectivity index (χ1v) is 9.56. The van der Waals surface area contributed by atoms with Crippen molar-refractivity contribution in [2.24, 2.45) is 0 Å². The van der Waals surface area contributed by atoms with Crippen LogP contribution in [-0.2, 0) is 10.0 Å². The van der Waals surface area contributed by atoms with Gasteiger partial charge in [-0.3, -0.25) is 9.52 Å². The Labute approximate surface area is 165 Å². The van der Waals surface area contributed by atoms with Crippen LogP contribution in [0.1, 0.15) is 22.8 Å². The minimum atomic E-state index is -3.91. The highest BCUT2D eigenvalue weighted by atomic mass is 35.5. The minimum absolute atomic E-state index is 0. The number of sulfonamides is 1. The highest BCUT2D eigenvalue weighted by Crippen LogP contribution is 2.21. The van der Waals surface area contributed by atoms with Crippen molar-refractivity contribution in [1.82, 2.24) is 10.6 Å². The van der Waals surface area contributed by atoms with Crippen LogP contribution in [-0.4, -0.2) is 34.0 Å². The highest BCUT2D eigenvalue weighted by molar-refractivity contribution is 7.92. The fraction of sp³-hybridized carbons (Fsp3) is 0.278. The maximum absolute atomic E-state index is 13.0. The summed E-state index contributed by atoms with van der Waals surface area (Å²) in [7, 11) is -2.13. The SMILES string of the molecule is CNC(C)CNC(=O)c1ccc(C)c(S(=O)(=O)Nc2ccc(F)cc2)c1.Cl. The predicted octanol–water partition coefficient (Wildman–Crippen LogP) is 2.69. The van der Waals surface area contributed by atoms with Crippen molar-refractivity contribution in [1.29, 1.82) is 0 Å². The number of amides is 1. The van der Waals surface area contributed by atoms with Gasteiger partial charge < -0.3 is 10.6 Å². The topological polar surface area (TPSA) is 87.3 Å². The molecule has 1 atom stereocenters. The third-order valence-electron chi connectivity index (χ3n) is 3.90. The zero-order chi connectivity index (χ0) is 19.3. The fourth-order valence-electron chi connectivity index (χ4n) is 2.21. The number of halogens is 2. The van der Waals surface area contributed by atoms with Crippen LogP contribution >= 0.6 is 12.4 Å². The number of likely N-dealkylation sites (N-methyl/N-ethyl adjacent to an activating group) is 1. The summed E-state index contributed by atoms with van der Waals surface area (Å²) in [5.41, 5.74) is 0.988. The molecule has 0 fully saturated rings. The van der Waals surface area contributed by atoms with Crippen molar-refractivity contribution in [3.05, 3.63) is 59.4 Å². The van der Waals surface area contributed by atoms with Gasteiger partial charge in [0.05, 0.1) is 4.90 Å². The molecule has 6 nitrogen and oxygen atoms in total. The Morgan fingerprint density at radius 1 is 1.15 bits per heavy atom. The van der Waals surface area contributed by atoms with E-state index in [1.807, 2.05) is 6.92 Å². The summed E-state index contributed by atoms with van der Waals surface area (Å²) in [6, 6.07) is 9.57. The summed E-state index contributed by atoms with van der Waals surface area (Å²) in [5.74, 6) is -0.816. The lowest BCUT2D eigenvalue weighted by atomic mass is 10.1. The molecule has 0 radical (unpaired) electrons. The van der Waals surface area contributed by atoms with Gasteiger partial charge in [-0.15, -0.1) is 12.4 Å². The van der Waals surface area contributed by atoms with E-state index in [9.17, 15) is 17.6 Å². The molecule has 148 valence electrons. The van der Waals surface area contributed by atoms with Crippen LogP contribution in [0.2, 0.25) is 0 Å². The van der Waals surface area contributed by atoms with Crippen molar-refractivity contribution < 1.29 is 17.6 Å². The molecule has 0 bridgehead atoms. The Balaban J connectivity index is 0.00000364. The average Bonchev–Trinajstić information content (AvgIpc) is 2.61. The minimum Gasteiger partial charge on any atom is -0.350 e. The van der Waals surface area contributed by atoms with E-state index in [0.29, 0.717) is 12.1 Å². The lowest BCUT2D eigenvalue weighted by Crippen LogP contribution is -2.37. The first-order valence-electron chi connectivity index (χ1n) is 8.07. The molecule has 27 heavy (non-hydrogen) atoms. The zero-order valence-electron chi connectivity index (χ0n) is 15.2. The molecule has 0 spiro atoms. The number of carbonyl (C=O) groups excluding carboxylic acids is 1. The van der Waals surface area contributed by atoms with Crippen LogP contribution in [0.5, 0.6) is 0 Å². The molecule has 1 amide bonds. The summed E-state index contributed by atoms with van der Waals surface area (Å²) < 4.78 is 40.7. The number of rotatable bonds is 7. The van der Waals surface area contributed by atoms with E-state index < -0.39 is 15.8 Å². The first-order chi connectivity index (χ1) is 12.2. The first kappa shape index (κ1) is 22.9. The van der Waals surface area contributed by atoms with Gasteiger partial charge in [-0.1, -0.05) is 6.07 Å². The molecule has 0 aromatic heterocycles. The molecule has 2 aromatic rings. The molecular weight excluding hydrogens is 393 g/mol. The second-order valence-corrected chi connectivity index (χ2v) is 7.64. The smallest absolute Gasteiger partial charge is 0.262 e. The molecule has 3 N–H and O–H groups in total. The molecule has 0 aliphatic carbocycles. The van der Waals surface area contributed by atoms with Crippen LogP contribution in [0.25, 0.3) is 0 Å². The number of hydrogen-bond donors (Lipinski definition) is 3. The van der Waals surface area contributed by atoms with Gasteiger partial charge in [-0.05, 0) is 62.9 Å². The number of hydrogen-bond acceptors (Lipinski definition) is 4. The monoisotopic (exact) mass is 415 g/mol. The molecule has 2 aromatic carbocycles. The Morgan fingerprint density at radius 2 is 1.78 bits per heavy atom. The Bertz CT molecular complexity index is 889. The van der Waals surface area contributed by atoms with Crippen LogP contribution in [0.15, 0.2) is 47.4 Å². The number of carbonyl (C=O) groups is 1. The lowest BCUT2D eigenvalue weighted by molar-refractivity contribution is 0.0950. The molecule has 2 rings (SSSR count). The van der Waals surface area contributed by atoms with Crippen molar-refractivity contribution in [3.8, 4) is 0 Å². The van der Waals surface area contributed by atoms with E-state index in [1.54, 1.807) is 26.1 Å². The quantitative estimate of drug-likeness (QED) is 0.648. The lowest BCUT2D eigenvalue weighted by Gasteiger charge is -2.14. The van der Waals surface area contributed by atoms with Crippen LogP contribution in [0, 0.1) is 12.7 Å². The van der Waals surface area contributed by atoms with Gasteiger partial charge in [-0.25, -0.2) is 12.8 Å². The second kappa shape index (κ2) is 9.68. The number of aryl methyl sites for hydroxylation is 1. The standard InChI is InChI=1S/C18H22FN3O3S.ClH/c1-12-4-5-14(18(23)21-11-13(2)20-3)10-17(12)26(24,25)22-16-8-6-15(19)7-9-16;/h4-10,13,20,22H,11H2,1-3H3,(H,21,23);1H. The van der Waals surface area contributed by atoms with Crippen molar-refractivity contribution in [2.75, 3.05) is 18.3 Å². The van der Waals surface area contributed by atoms with E-state index in [1.165, 1.54) is 18.2 Å². The van der Waals surface area contributed by atoms with Crippen LogP contribution < -0.4 is 15.4 Å². The zero-order valence-corrected chi connectivity index (χ0v) is 16.9. The normalized spacial score (nSPS) is 12.0. The van der Waals surface area contributed by atoms with E-state index >= 15 is 0 Å². The Hall–Kier alpha value is -2.16. The molecule has 0 heterocycles. The van der Waals surface area contributed by atoms with Gasteiger partial charge in [0.1, 0.15) is 5.82 Å². The fourth-order valence-corrected chi connectivity index (χ4v) is 3.54. The van der Waals surface area contributed by atoms with E-state index in [0.717, 1.165) is 12.1 Å². The van der Waals surface area contributed by atoms with E-state index in [2.05, 4.69) is 15.4 Å². The Morgan fingerprint density at radius 3 is 2.37 bits per heavy atom. The molecule has 1 unspecified atom stereocenters. The largest absolute Gasteiger partial charge is 0.350 e. The summed E-state index contributed by atoms with van der Waals surface area (Å²) >= 11 is 0. The molecule has 0 aliphatic heterocycles. The molecular formula is C18H23ClFN3O3S. The van der Waals surface area contributed by atoms with Gasteiger partial charge in [0, 0.05) is 23.8 Å². The van der Waals surface area contributed by atoms with E-state index in [4.69, 9.17) is 0 Å². The number of benzene rings is 2. The molecule has 0 saturated carbocycles. The van der Waals surface area contributed by atoms with E-state index in [-0.39, 0.29) is 40.5 Å². The summed E-state index contributed by atoms with van der Waals surface area (Å²) in [5, 5.41) is 5.75. The summed E-state index contributed by atoms with van der Waals surface area (Å²) in [6.07, 6.45) is 0. The number of anilines is 1. The van der Waals surface area contributed by atoms with Crippen molar-refractivity contribution >= 4 is 34.0 Å². The van der Waals surface area contributed by atoms with Gasteiger partial charge in [0.2, 0.25) is 0 Å². The molecule has 0 aliphatic rings. The van der Waals surface area contributed by atoms with Crippen molar-refractivity contribution in [3.63, 3.8) is 0 Å². The second-order valence-electron chi connectivity index (χ2n) is 5.99. The third-order valence-corrected chi connectivity index (χ3v) is 5.42. The molecule has 9 heteroatoms. The number of nitrogens with one attached hydrogen (secondary N) is 3. The van der Waals surface area contributed by atoms with Gasteiger partial charge in [0.25, 0.3) is 15.9 Å². The third kappa shape index (κ3) is 6.20. The maximum Gasteiger partial charge on any atom is 0.262 e. The average molecular weight is 416 g/mol. The Kier molecular flexibility index (Phi) is 8.20. The predicted molar refractivity (Wildman–Crippen MR) is 106 cm³/mol. The van der Waals surface area contributed by atoms with Gasteiger partial charge in [-0.2, -0.15) is 0 Å². The maximum atomic E-state index is 13.0. The van der Waals surface area contributed by atoms with Crippen LogP contribution in [0.4, 0.5) is 10.1 Å². The van der Waals surface area contributed by atoms with Gasteiger partial charge in [0.15, 0.2) is 0 Å². The van der Waals surface area contributed by atoms with Crippen LogP contribution in [0.3, 0.4) is 0 Å². The summed E-state index contributed by atoms with van der Waals surface area (Å²) in [6.45, 7) is 3.97. The van der Waals surface area contributed by atoms with Gasteiger partial charge >= 0.3 is 0 Å².